The fraction of sp³-hybridized carbons (Fsp3) is 0.400. The predicted molar refractivity (Wildman–Crippen MR) is 52.9 cm³/mol. The van der Waals surface area contributed by atoms with Crippen LogP contribution in [0.25, 0.3) is 0 Å². The quantitative estimate of drug-likeness (QED) is 0.534. The summed E-state index contributed by atoms with van der Waals surface area (Å²) in [6.07, 6.45) is 0. The molecule has 0 saturated heterocycles. The third-order valence-electron chi connectivity index (χ3n) is 1.66. The fourth-order valence-electron chi connectivity index (χ4n) is 0.943. The molecule has 0 bridgehead atoms. The lowest BCUT2D eigenvalue weighted by atomic mass is 10.3. The van der Waals surface area contributed by atoms with Gasteiger partial charge in [-0.3, -0.25) is 0 Å². The van der Waals surface area contributed by atoms with E-state index in [4.69, 9.17) is 9.47 Å². The summed E-state index contributed by atoms with van der Waals surface area (Å²) in [5.41, 5.74) is 0.229. The molecule has 0 aliphatic rings. The summed E-state index contributed by atoms with van der Waals surface area (Å²) in [7, 11) is 2.89. The first kappa shape index (κ1) is 11.5. The number of rotatable bonds is 5. The average molecular weight is 211 g/mol. The fourth-order valence-corrected chi connectivity index (χ4v) is 0.943. The van der Waals surface area contributed by atoms with Gasteiger partial charge in [0.25, 0.3) is 0 Å². The molecule has 0 saturated carbocycles. The number of pyridine rings is 1. The molecule has 5 nitrogen and oxygen atoms in total. The Labute approximate surface area is 88.0 Å². The lowest BCUT2D eigenvalue weighted by molar-refractivity contribution is 0.0592. The van der Waals surface area contributed by atoms with Gasteiger partial charge in [-0.1, -0.05) is 6.07 Å². The topological polar surface area (TPSA) is 57.7 Å². The van der Waals surface area contributed by atoms with Crippen LogP contribution in [0.4, 0.5) is 0 Å². The number of hydrogen-bond acceptors (Lipinski definition) is 5. The summed E-state index contributed by atoms with van der Waals surface area (Å²) in [5, 5.41) is 0. The third kappa shape index (κ3) is 3.55. The van der Waals surface area contributed by atoms with Gasteiger partial charge in [-0.25, -0.2) is 9.78 Å². The monoisotopic (exact) mass is 211 g/mol. The number of nitrogens with zero attached hydrogens (tertiary/aromatic N) is 1. The molecule has 1 heterocycles. The van der Waals surface area contributed by atoms with Crippen LogP contribution in [-0.4, -0.2) is 38.4 Å². The van der Waals surface area contributed by atoms with E-state index in [0.717, 1.165) is 0 Å². The Bertz CT molecular complexity index is 327. The van der Waals surface area contributed by atoms with Gasteiger partial charge in [0.05, 0.1) is 13.7 Å². The van der Waals surface area contributed by atoms with E-state index >= 15 is 0 Å². The van der Waals surface area contributed by atoms with Crippen LogP contribution in [0.1, 0.15) is 10.5 Å². The zero-order chi connectivity index (χ0) is 11.1. The van der Waals surface area contributed by atoms with Crippen molar-refractivity contribution in [2.24, 2.45) is 0 Å². The Kier molecular flexibility index (Phi) is 4.56. The molecule has 15 heavy (non-hydrogen) atoms. The lowest BCUT2D eigenvalue weighted by Crippen LogP contribution is -2.08. The van der Waals surface area contributed by atoms with Crippen molar-refractivity contribution in [1.82, 2.24) is 4.98 Å². The molecule has 0 atom stereocenters. The van der Waals surface area contributed by atoms with Gasteiger partial charge in [-0.15, -0.1) is 0 Å². The van der Waals surface area contributed by atoms with E-state index in [1.807, 2.05) is 0 Å². The van der Waals surface area contributed by atoms with Crippen molar-refractivity contribution in [3.8, 4) is 5.88 Å². The normalized spacial score (nSPS) is 9.73. The summed E-state index contributed by atoms with van der Waals surface area (Å²) in [6, 6.07) is 4.92. The molecule has 1 aromatic heterocycles. The second kappa shape index (κ2) is 5.98. The Hall–Kier alpha value is -1.62. The number of ether oxygens (including phenoxy) is 3. The molecular weight excluding hydrogens is 198 g/mol. The van der Waals surface area contributed by atoms with Gasteiger partial charge in [-0.2, -0.15) is 0 Å². The van der Waals surface area contributed by atoms with Crippen LogP contribution in [0.2, 0.25) is 0 Å². The Morgan fingerprint density at radius 2 is 2.13 bits per heavy atom. The highest BCUT2D eigenvalue weighted by Gasteiger charge is 2.07. The zero-order valence-corrected chi connectivity index (χ0v) is 8.73. The van der Waals surface area contributed by atoms with Crippen molar-refractivity contribution < 1.29 is 19.0 Å². The van der Waals surface area contributed by atoms with E-state index in [1.165, 1.54) is 7.11 Å². The van der Waals surface area contributed by atoms with Crippen molar-refractivity contribution in [2.75, 3.05) is 27.4 Å². The van der Waals surface area contributed by atoms with Gasteiger partial charge in [0.2, 0.25) is 5.88 Å². The van der Waals surface area contributed by atoms with Gasteiger partial charge in [0.1, 0.15) is 6.61 Å². The maximum Gasteiger partial charge on any atom is 0.356 e. The van der Waals surface area contributed by atoms with Crippen LogP contribution in [0.5, 0.6) is 5.88 Å². The zero-order valence-electron chi connectivity index (χ0n) is 8.73. The highest BCUT2D eigenvalue weighted by Crippen LogP contribution is 2.08. The number of carbonyl (C=O) groups is 1. The minimum Gasteiger partial charge on any atom is -0.475 e. The summed E-state index contributed by atoms with van der Waals surface area (Å²) in [4.78, 5) is 15.1. The first-order valence-corrected chi connectivity index (χ1v) is 4.45. The van der Waals surface area contributed by atoms with Gasteiger partial charge in [0.15, 0.2) is 5.69 Å². The molecule has 0 aromatic carbocycles. The summed E-state index contributed by atoms with van der Waals surface area (Å²) in [6.45, 7) is 0.873. The largest absolute Gasteiger partial charge is 0.475 e. The van der Waals surface area contributed by atoms with Crippen molar-refractivity contribution in [1.29, 1.82) is 0 Å². The molecule has 1 aromatic rings. The van der Waals surface area contributed by atoms with Gasteiger partial charge in [-0.05, 0) is 6.07 Å². The Balaban J connectivity index is 2.62. The minimum absolute atomic E-state index is 0.229. The molecule has 82 valence electrons. The van der Waals surface area contributed by atoms with E-state index in [-0.39, 0.29) is 5.69 Å². The predicted octanol–water partition coefficient (Wildman–Crippen LogP) is 0.893. The highest BCUT2D eigenvalue weighted by molar-refractivity contribution is 5.87. The highest BCUT2D eigenvalue weighted by atomic mass is 16.5. The first-order valence-electron chi connectivity index (χ1n) is 4.45. The maximum atomic E-state index is 11.1. The van der Waals surface area contributed by atoms with E-state index in [2.05, 4.69) is 9.72 Å². The van der Waals surface area contributed by atoms with Crippen molar-refractivity contribution in [3.63, 3.8) is 0 Å². The smallest absolute Gasteiger partial charge is 0.356 e. The lowest BCUT2D eigenvalue weighted by Gasteiger charge is -2.05. The summed E-state index contributed by atoms with van der Waals surface area (Å²) < 4.78 is 14.6. The van der Waals surface area contributed by atoms with Crippen LogP contribution >= 0.6 is 0 Å². The van der Waals surface area contributed by atoms with E-state index < -0.39 is 5.97 Å². The average Bonchev–Trinajstić information content (AvgIpc) is 2.29. The van der Waals surface area contributed by atoms with Gasteiger partial charge < -0.3 is 14.2 Å². The van der Waals surface area contributed by atoms with Crippen LogP contribution in [0, 0.1) is 0 Å². The molecule has 0 aliphatic carbocycles. The van der Waals surface area contributed by atoms with Crippen molar-refractivity contribution >= 4 is 5.97 Å². The molecule has 5 heteroatoms. The molecule has 0 aliphatic heterocycles. The van der Waals surface area contributed by atoms with E-state index in [0.29, 0.717) is 19.1 Å². The van der Waals surface area contributed by atoms with E-state index in [1.54, 1.807) is 25.3 Å². The van der Waals surface area contributed by atoms with Crippen LogP contribution < -0.4 is 4.74 Å². The Morgan fingerprint density at radius 1 is 1.33 bits per heavy atom. The SMILES string of the molecule is COCCOc1cccc(C(=O)OC)n1. The minimum atomic E-state index is -0.479. The molecule has 1 rings (SSSR count). The van der Waals surface area contributed by atoms with E-state index in [9.17, 15) is 4.79 Å². The molecule has 0 amide bonds. The van der Waals surface area contributed by atoms with Crippen LogP contribution in [0.15, 0.2) is 18.2 Å². The number of methoxy groups -OCH3 is 2. The number of hydrogen-bond donors (Lipinski definition) is 0. The third-order valence-corrected chi connectivity index (χ3v) is 1.66. The number of carbonyl (C=O) groups excluding carboxylic acids is 1. The van der Waals surface area contributed by atoms with Gasteiger partial charge >= 0.3 is 5.97 Å². The molecule has 0 unspecified atom stereocenters. The number of esters is 1. The van der Waals surface area contributed by atoms with Crippen LogP contribution in [-0.2, 0) is 9.47 Å². The molecule has 0 fully saturated rings. The van der Waals surface area contributed by atoms with Crippen molar-refractivity contribution in [2.45, 2.75) is 0 Å². The summed E-state index contributed by atoms with van der Waals surface area (Å²) in [5.74, 6) is -0.0952. The first-order chi connectivity index (χ1) is 7.27. The van der Waals surface area contributed by atoms with Crippen LogP contribution in [0.3, 0.4) is 0 Å². The number of aromatic nitrogens is 1. The molecular formula is C10H13NO4. The van der Waals surface area contributed by atoms with Gasteiger partial charge in [0, 0.05) is 13.2 Å². The second-order valence-corrected chi connectivity index (χ2v) is 2.69. The molecule has 0 spiro atoms. The molecule has 0 N–H and O–H groups in total. The standard InChI is InChI=1S/C10H13NO4/c1-13-6-7-15-9-5-3-4-8(11-9)10(12)14-2/h3-5H,6-7H2,1-2H3. The Morgan fingerprint density at radius 3 is 2.80 bits per heavy atom. The summed E-state index contributed by atoms with van der Waals surface area (Å²) >= 11 is 0. The molecule has 0 radical (unpaired) electrons. The van der Waals surface area contributed by atoms with Crippen molar-refractivity contribution in [3.05, 3.63) is 23.9 Å². The maximum absolute atomic E-state index is 11.1. The second-order valence-electron chi connectivity index (χ2n) is 2.69.